The first-order chi connectivity index (χ1) is 9.04. The third-order valence-corrected chi connectivity index (χ3v) is 2.70. The van der Waals surface area contributed by atoms with E-state index in [1.165, 1.54) is 13.1 Å². The van der Waals surface area contributed by atoms with E-state index in [9.17, 15) is 9.59 Å². The van der Waals surface area contributed by atoms with Gasteiger partial charge in [0.25, 0.3) is 5.91 Å². The van der Waals surface area contributed by atoms with Gasteiger partial charge in [-0.05, 0) is 19.8 Å². The number of carbonyl (C=O) groups is 2. The molecule has 1 aliphatic heterocycles. The van der Waals surface area contributed by atoms with Gasteiger partial charge in [0.2, 0.25) is 0 Å². The van der Waals surface area contributed by atoms with Gasteiger partial charge >= 0.3 is 5.97 Å². The van der Waals surface area contributed by atoms with Crippen LogP contribution in [-0.2, 0) is 14.3 Å². The molecule has 2 unspecified atom stereocenters. The Hall–Kier alpha value is -2.07. The van der Waals surface area contributed by atoms with Crippen molar-refractivity contribution in [3.05, 3.63) is 11.8 Å². The molecule has 7 heteroatoms. The van der Waals surface area contributed by atoms with E-state index in [0.29, 0.717) is 6.54 Å². The van der Waals surface area contributed by atoms with Crippen LogP contribution in [0.15, 0.2) is 11.8 Å². The maximum atomic E-state index is 11.6. The van der Waals surface area contributed by atoms with E-state index in [-0.39, 0.29) is 11.7 Å². The highest BCUT2D eigenvalue weighted by atomic mass is 16.5. The second kappa shape index (κ2) is 7.38. The Labute approximate surface area is 111 Å². The third kappa shape index (κ3) is 4.97. The number of aliphatic carboxylic acids is 1. The van der Waals surface area contributed by atoms with Gasteiger partial charge in [0.1, 0.15) is 17.7 Å². The number of carboxylic acid groups (broad SMARTS) is 1. The molecule has 2 atom stereocenters. The lowest BCUT2D eigenvalue weighted by molar-refractivity contribution is -0.140. The number of rotatable bonds is 6. The van der Waals surface area contributed by atoms with Gasteiger partial charge in [-0.1, -0.05) is 0 Å². The number of carbonyl (C=O) groups excluding carboxylic acids is 1. The average molecular weight is 267 g/mol. The van der Waals surface area contributed by atoms with E-state index in [0.717, 1.165) is 19.4 Å². The fraction of sp³-hybridized carbons (Fsp3) is 0.583. The fourth-order valence-electron chi connectivity index (χ4n) is 1.58. The number of amides is 1. The first-order valence-electron chi connectivity index (χ1n) is 6.03. The monoisotopic (exact) mass is 267 g/mol. The predicted molar refractivity (Wildman–Crippen MR) is 65.9 cm³/mol. The molecule has 1 aliphatic rings. The van der Waals surface area contributed by atoms with Gasteiger partial charge < -0.3 is 20.5 Å². The van der Waals surface area contributed by atoms with Crippen LogP contribution in [0.4, 0.5) is 0 Å². The van der Waals surface area contributed by atoms with Crippen LogP contribution in [0.5, 0.6) is 0 Å². The lowest BCUT2D eigenvalue weighted by Crippen LogP contribution is -2.39. The average Bonchev–Trinajstić information content (AvgIpc) is 2.87. The molecule has 0 bridgehead atoms. The van der Waals surface area contributed by atoms with Gasteiger partial charge in [-0.25, -0.2) is 0 Å². The van der Waals surface area contributed by atoms with E-state index < -0.39 is 17.9 Å². The summed E-state index contributed by atoms with van der Waals surface area (Å²) in [6.07, 6.45) is 3.34. The normalized spacial score (nSPS) is 20.4. The van der Waals surface area contributed by atoms with Crippen molar-refractivity contribution in [2.75, 3.05) is 13.2 Å². The molecule has 1 fully saturated rings. The summed E-state index contributed by atoms with van der Waals surface area (Å²) < 4.78 is 5.37. The van der Waals surface area contributed by atoms with Crippen LogP contribution in [0.2, 0.25) is 0 Å². The molecule has 0 spiro atoms. The molecule has 0 saturated carbocycles. The summed E-state index contributed by atoms with van der Waals surface area (Å²) in [5.41, 5.74) is -0.161. The van der Waals surface area contributed by atoms with Crippen LogP contribution in [0.1, 0.15) is 19.8 Å². The molecule has 1 amide bonds. The Morgan fingerprint density at radius 1 is 1.63 bits per heavy atom. The molecular weight excluding hydrogens is 250 g/mol. The zero-order chi connectivity index (χ0) is 14.3. The minimum atomic E-state index is -1.15. The molecule has 0 aromatic rings. The van der Waals surface area contributed by atoms with E-state index in [2.05, 4.69) is 10.6 Å². The van der Waals surface area contributed by atoms with Crippen molar-refractivity contribution >= 4 is 11.9 Å². The van der Waals surface area contributed by atoms with Crippen molar-refractivity contribution in [1.29, 1.82) is 5.26 Å². The van der Waals surface area contributed by atoms with Crippen molar-refractivity contribution in [3.8, 4) is 6.07 Å². The van der Waals surface area contributed by atoms with Gasteiger partial charge in [-0.2, -0.15) is 5.26 Å². The standard InChI is InChI=1S/C12H17N3O4/c1-8(12(17)18)15-11(16)9(5-13)6-14-7-10-3-2-4-19-10/h6,8,10,14H,2-4,7H2,1H3,(H,15,16)(H,17,18)/b9-6-. The highest BCUT2D eigenvalue weighted by Crippen LogP contribution is 2.10. The molecule has 0 aromatic carbocycles. The molecule has 104 valence electrons. The van der Waals surface area contributed by atoms with Crippen molar-refractivity contribution in [2.45, 2.75) is 31.9 Å². The highest BCUT2D eigenvalue weighted by Gasteiger charge is 2.18. The highest BCUT2D eigenvalue weighted by molar-refractivity contribution is 5.99. The van der Waals surface area contributed by atoms with Gasteiger partial charge in [-0.15, -0.1) is 0 Å². The Bertz CT molecular complexity index is 408. The summed E-state index contributed by atoms with van der Waals surface area (Å²) in [4.78, 5) is 22.2. The van der Waals surface area contributed by atoms with E-state index in [1.807, 2.05) is 0 Å². The van der Waals surface area contributed by atoms with E-state index in [4.69, 9.17) is 15.1 Å². The number of carboxylic acids is 1. The van der Waals surface area contributed by atoms with Crippen LogP contribution in [0.25, 0.3) is 0 Å². The van der Waals surface area contributed by atoms with Gasteiger partial charge in [0.05, 0.1) is 6.10 Å². The molecule has 0 aliphatic carbocycles. The third-order valence-electron chi connectivity index (χ3n) is 2.70. The summed E-state index contributed by atoms with van der Waals surface area (Å²) in [7, 11) is 0. The maximum Gasteiger partial charge on any atom is 0.325 e. The number of nitriles is 1. The smallest absolute Gasteiger partial charge is 0.325 e. The van der Waals surface area contributed by atoms with Gasteiger partial charge in [-0.3, -0.25) is 9.59 Å². The molecule has 1 rings (SSSR count). The van der Waals surface area contributed by atoms with Crippen LogP contribution >= 0.6 is 0 Å². The maximum absolute atomic E-state index is 11.6. The zero-order valence-electron chi connectivity index (χ0n) is 10.7. The topological polar surface area (TPSA) is 111 Å². The largest absolute Gasteiger partial charge is 0.480 e. The summed E-state index contributed by atoms with van der Waals surface area (Å²) in [5, 5.41) is 22.6. The molecule has 7 nitrogen and oxygen atoms in total. The van der Waals surface area contributed by atoms with E-state index in [1.54, 1.807) is 6.07 Å². The Morgan fingerprint density at radius 2 is 2.37 bits per heavy atom. The summed E-state index contributed by atoms with van der Waals surface area (Å²) in [6, 6.07) is 0.685. The number of hydrogen-bond acceptors (Lipinski definition) is 5. The minimum Gasteiger partial charge on any atom is -0.480 e. The lowest BCUT2D eigenvalue weighted by Gasteiger charge is -2.10. The number of nitrogens with zero attached hydrogens (tertiary/aromatic N) is 1. The van der Waals surface area contributed by atoms with Crippen molar-refractivity contribution < 1.29 is 19.4 Å². The van der Waals surface area contributed by atoms with Crippen molar-refractivity contribution in [3.63, 3.8) is 0 Å². The fourth-order valence-corrected chi connectivity index (χ4v) is 1.58. The molecule has 19 heavy (non-hydrogen) atoms. The number of ether oxygens (including phenoxy) is 1. The molecule has 1 saturated heterocycles. The van der Waals surface area contributed by atoms with Gasteiger partial charge in [0, 0.05) is 19.4 Å². The summed E-state index contributed by atoms with van der Waals surface area (Å²) in [6.45, 7) is 2.58. The summed E-state index contributed by atoms with van der Waals surface area (Å²) in [5.74, 6) is -1.87. The molecular formula is C12H17N3O4. The molecule has 1 heterocycles. The van der Waals surface area contributed by atoms with Crippen LogP contribution in [0, 0.1) is 11.3 Å². The first kappa shape index (κ1) is 15.0. The molecule has 0 radical (unpaired) electrons. The Balaban J connectivity index is 2.44. The predicted octanol–water partition coefficient (Wildman–Crippen LogP) is -0.248. The van der Waals surface area contributed by atoms with Crippen LogP contribution < -0.4 is 10.6 Å². The van der Waals surface area contributed by atoms with Crippen LogP contribution in [0.3, 0.4) is 0 Å². The second-order valence-electron chi connectivity index (χ2n) is 4.25. The minimum absolute atomic E-state index is 0.0946. The van der Waals surface area contributed by atoms with Crippen molar-refractivity contribution in [1.82, 2.24) is 10.6 Å². The SMILES string of the molecule is CC(NC(=O)/C(C#N)=C\NCC1CCCO1)C(=O)O. The van der Waals surface area contributed by atoms with Crippen LogP contribution in [-0.4, -0.2) is 42.3 Å². The summed E-state index contributed by atoms with van der Waals surface area (Å²) >= 11 is 0. The number of nitrogens with one attached hydrogen (secondary N) is 2. The number of hydrogen-bond donors (Lipinski definition) is 3. The van der Waals surface area contributed by atoms with E-state index >= 15 is 0 Å². The second-order valence-corrected chi connectivity index (χ2v) is 4.25. The van der Waals surface area contributed by atoms with Gasteiger partial charge in [0.15, 0.2) is 0 Å². The zero-order valence-corrected chi connectivity index (χ0v) is 10.7. The Morgan fingerprint density at radius 3 is 2.89 bits per heavy atom. The molecule has 0 aromatic heterocycles. The Kier molecular flexibility index (Phi) is 5.82. The lowest BCUT2D eigenvalue weighted by atomic mass is 10.2. The quantitative estimate of drug-likeness (QED) is 0.452. The first-order valence-corrected chi connectivity index (χ1v) is 6.03. The molecule has 3 N–H and O–H groups in total. The van der Waals surface area contributed by atoms with Crippen molar-refractivity contribution in [2.24, 2.45) is 0 Å².